The molecule has 0 heteroatoms. The summed E-state index contributed by atoms with van der Waals surface area (Å²) in [6.07, 6.45) is 6.84. The zero-order valence-corrected chi connectivity index (χ0v) is 22.3. The van der Waals surface area contributed by atoms with E-state index >= 15 is 0 Å². The van der Waals surface area contributed by atoms with Crippen LogP contribution < -0.4 is 0 Å². The van der Waals surface area contributed by atoms with Gasteiger partial charge in [0.05, 0.1) is 0 Å². The molecule has 0 saturated carbocycles. The van der Waals surface area contributed by atoms with E-state index in [4.69, 9.17) is 0 Å². The molecule has 0 amide bonds. The highest BCUT2D eigenvalue weighted by Crippen LogP contribution is 2.46. The molecule has 0 unspecified atom stereocenters. The third-order valence-corrected chi connectivity index (χ3v) is 8.52. The molecule has 0 bridgehead atoms. The Morgan fingerprint density at radius 2 is 1.05 bits per heavy atom. The monoisotopic (exact) mass is 508 g/mol. The first-order valence-corrected chi connectivity index (χ1v) is 14.2. The van der Waals surface area contributed by atoms with Crippen molar-refractivity contribution in [3.05, 3.63) is 151 Å². The zero-order valence-electron chi connectivity index (χ0n) is 22.3. The molecule has 0 saturated heterocycles. The van der Waals surface area contributed by atoms with Gasteiger partial charge in [0, 0.05) is 0 Å². The van der Waals surface area contributed by atoms with E-state index in [9.17, 15) is 0 Å². The molecule has 0 heterocycles. The van der Waals surface area contributed by atoms with Gasteiger partial charge in [0.2, 0.25) is 0 Å². The van der Waals surface area contributed by atoms with Crippen molar-refractivity contribution in [1.29, 1.82) is 0 Å². The minimum absolute atomic E-state index is 1.05. The van der Waals surface area contributed by atoms with Gasteiger partial charge in [-0.3, -0.25) is 0 Å². The van der Waals surface area contributed by atoms with E-state index in [-0.39, 0.29) is 0 Å². The van der Waals surface area contributed by atoms with E-state index in [0.29, 0.717) is 0 Å². The number of allylic oxidation sites excluding steroid dienone is 1. The van der Waals surface area contributed by atoms with Crippen molar-refractivity contribution < 1.29 is 0 Å². The second-order valence-corrected chi connectivity index (χ2v) is 10.8. The van der Waals surface area contributed by atoms with Crippen molar-refractivity contribution in [2.45, 2.75) is 12.8 Å². The minimum Gasteiger partial charge on any atom is -0.0836 e. The Morgan fingerprint density at radius 1 is 0.425 bits per heavy atom. The Balaban J connectivity index is 1.34. The SMILES string of the molecule is C1=Cc2c(c(-c3cccc4ccccc34)c3ccccc3c2-c2ccc(-c3ccc4ccccc4c3)cc2)CC1. The van der Waals surface area contributed by atoms with Gasteiger partial charge in [-0.1, -0.05) is 140 Å². The fourth-order valence-corrected chi connectivity index (χ4v) is 6.65. The van der Waals surface area contributed by atoms with Gasteiger partial charge in [0.1, 0.15) is 0 Å². The average molecular weight is 509 g/mol. The highest BCUT2D eigenvalue weighted by atomic mass is 14.3. The minimum atomic E-state index is 1.05. The van der Waals surface area contributed by atoms with Crippen molar-refractivity contribution in [1.82, 2.24) is 0 Å². The molecule has 0 aliphatic heterocycles. The number of benzene rings is 7. The van der Waals surface area contributed by atoms with Crippen LogP contribution in [-0.4, -0.2) is 0 Å². The summed E-state index contributed by atoms with van der Waals surface area (Å²) >= 11 is 0. The fourth-order valence-electron chi connectivity index (χ4n) is 6.65. The summed E-state index contributed by atoms with van der Waals surface area (Å²) in [6.45, 7) is 0. The van der Waals surface area contributed by atoms with E-state index in [1.807, 2.05) is 0 Å². The molecule has 1 aliphatic rings. The Labute approximate surface area is 234 Å². The van der Waals surface area contributed by atoms with Crippen LogP contribution in [0.3, 0.4) is 0 Å². The molecule has 0 nitrogen and oxygen atoms in total. The van der Waals surface area contributed by atoms with Crippen LogP contribution in [0.25, 0.3) is 71.8 Å². The maximum atomic E-state index is 2.37. The van der Waals surface area contributed by atoms with Crippen LogP contribution in [-0.2, 0) is 6.42 Å². The molecule has 188 valence electrons. The molecule has 0 spiro atoms. The molecule has 40 heavy (non-hydrogen) atoms. The fraction of sp³-hybridized carbons (Fsp3) is 0.0500. The van der Waals surface area contributed by atoms with Crippen molar-refractivity contribution >= 4 is 38.4 Å². The van der Waals surface area contributed by atoms with Gasteiger partial charge < -0.3 is 0 Å². The highest BCUT2D eigenvalue weighted by Gasteiger charge is 2.22. The van der Waals surface area contributed by atoms with Gasteiger partial charge in [-0.25, -0.2) is 0 Å². The molecule has 0 atom stereocenters. The van der Waals surface area contributed by atoms with Crippen LogP contribution in [0.15, 0.2) is 140 Å². The van der Waals surface area contributed by atoms with Gasteiger partial charge in [-0.05, 0) is 95.7 Å². The second-order valence-electron chi connectivity index (χ2n) is 10.8. The lowest BCUT2D eigenvalue weighted by Gasteiger charge is -2.24. The van der Waals surface area contributed by atoms with E-state index in [1.54, 1.807) is 0 Å². The van der Waals surface area contributed by atoms with Crippen molar-refractivity contribution in [2.24, 2.45) is 0 Å². The van der Waals surface area contributed by atoms with Gasteiger partial charge in [-0.15, -0.1) is 0 Å². The third kappa shape index (κ3) is 3.68. The van der Waals surface area contributed by atoms with Crippen LogP contribution in [0.4, 0.5) is 0 Å². The predicted molar refractivity (Wildman–Crippen MR) is 173 cm³/mol. The number of hydrogen-bond acceptors (Lipinski definition) is 0. The summed E-state index contributed by atoms with van der Waals surface area (Å²) in [4.78, 5) is 0. The second kappa shape index (κ2) is 9.36. The quantitative estimate of drug-likeness (QED) is 0.223. The predicted octanol–water partition coefficient (Wildman–Crippen LogP) is 11.1. The first-order chi connectivity index (χ1) is 19.8. The topological polar surface area (TPSA) is 0 Å². The van der Waals surface area contributed by atoms with Gasteiger partial charge >= 0.3 is 0 Å². The molecule has 7 aromatic rings. The van der Waals surface area contributed by atoms with E-state index in [1.165, 1.54) is 76.8 Å². The average Bonchev–Trinajstić information content (AvgIpc) is 3.03. The maximum Gasteiger partial charge on any atom is -0.00297 e. The first-order valence-electron chi connectivity index (χ1n) is 14.2. The van der Waals surface area contributed by atoms with Gasteiger partial charge in [0.25, 0.3) is 0 Å². The summed E-state index contributed by atoms with van der Waals surface area (Å²) in [5.74, 6) is 0. The zero-order chi connectivity index (χ0) is 26.5. The maximum absolute atomic E-state index is 2.37. The lowest BCUT2D eigenvalue weighted by atomic mass is 9.79. The Bertz CT molecular complexity index is 2090. The molecule has 0 aromatic heterocycles. The van der Waals surface area contributed by atoms with Gasteiger partial charge in [-0.2, -0.15) is 0 Å². The van der Waals surface area contributed by atoms with Crippen LogP contribution in [0, 0.1) is 0 Å². The molecular formula is C40H28. The largest absolute Gasteiger partial charge is 0.0836 e. The van der Waals surface area contributed by atoms with Crippen molar-refractivity contribution in [3.8, 4) is 33.4 Å². The molecule has 7 aromatic carbocycles. The molecule has 0 fully saturated rings. The molecule has 1 aliphatic carbocycles. The third-order valence-electron chi connectivity index (χ3n) is 8.52. The van der Waals surface area contributed by atoms with E-state index in [2.05, 4.69) is 146 Å². The normalized spacial score (nSPS) is 12.7. The lowest BCUT2D eigenvalue weighted by Crippen LogP contribution is -2.02. The lowest BCUT2D eigenvalue weighted by molar-refractivity contribution is 0.992. The molecular weight excluding hydrogens is 480 g/mol. The standard InChI is InChI=1S/C40H28/c1-2-12-31-26-32(25-22-27(31)10-1)28-20-23-30(24-21-28)39-35-15-5-7-17-37(35)40(38-18-8-6-16-36(38)39)34-19-9-13-29-11-3-4-14-33(29)34/h1-7,9-17,19-26H,8,18H2. The number of fused-ring (bicyclic) bond motifs is 4. The Hall–Kier alpha value is -4.94. The van der Waals surface area contributed by atoms with Crippen LogP contribution in [0.1, 0.15) is 17.5 Å². The smallest absolute Gasteiger partial charge is 0.00297 e. The summed E-state index contributed by atoms with van der Waals surface area (Å²) < 4.78 is 0. The van der Waals surface area contributed by atoms with Gasteiger partial charge in [0.15, 0.2) is 0 Å². The summed E-state index contributed by atoms with van der Waals surface area (Å²) in [5, 5.41) is 7.81. The summed E-state index contributed by atoms with van der Waals surface area (Å²) in [7, 11) is 0. The van der Waals surface area contributed by atoms with Crippen molar-refractivity contribution in [2.75, 3.05) is 0 Å². The van der Waals surface area contributed by atoms with E-state index < -0.39 is 0 Å². The van der Waals surface area contributed by atoms with Crippen molar-refractivity contribution in [3.63, 3.8) is 0 Å². The Kier molecular flexibility index (Phi) is 5.38. The highest BCUT2D eigenvalue weighted by molar-refractivity contribution is 6.13. The summed E-state index contributed by atoms with van der Waals surface area (Å²) in [6, 6.07) is 49.0. The Morgan fingerprint density at radius 3 is 1.88 bits per heavy atom. The van der Waals surface area contributed by atoms with Crippen LogP contribution >= 0.6 is 0 Å². The first kappa shape index (κ1) is 23.0. The molecule has 0 radical (unpaired) electrons. The number of hydrogen-bond donors (Lipinski definition) is 0. The number of rotatable bonds is 3. The summed E-state index contributed by atoms with van der Waals surface area (Å²) in [5.41, 5.74) is 10.7. The van der Waals surface area contributed by atoms with Crippen LogP contribution in [0.5, 0.6) is 0 Å². The van der Waals surface area contributed by atoms with Crippen LogP contribution in [0.2, 0.25) is 0 Å². The molecule has 0 N–H and O–H groups in total. The van der Waals surface area contributed by atoms with E-state index in [0.717, 1.165) is 12.8 Å². The molecule has 8 rings (SSSR count).